The summed E-state index contributed by atoms with van der Waals surface area (Å²) in [6.45, 7) is 6.88. The first kappa shape index (κ1) is 16.1. The largest absolute Gasteiger partial charge is 0.493 e. The van der Waals surface area contributed by atoms with E-state index in [0.717, 1.165) is 38.3 Å². The third kappa shape index (κ3) is 5.91. The summed E-state index contributed by atoms with van der Waals surface area (Å²) in [4.78, 5) is 2.39. The van der Waals surface area contributed by atoms with Crippen molar-refractivity contribution < 1.29 is 14.2 Å². The molecule has 1 heterocycles. The molecule has 0 amide bonds. The fourth-order valence-corrected chi connectivity index (χ4v) is 2.29. The predicted octanol–water partition coefficient (Wildman–Crippen LogP) is 1.53. The highest BCUT2D eigenvalue weighted by Gasteiger charge is 2.10. The zero-order chi connectivity index (χ0) is 14.8. The highest BCUT2D eigenvalue weighted by atomic mass is 16.5. The average molecular weight is 294 g/mol. The molecule has 1 aliphatic heterocycles. The molecule has 21 heavy (non-hydrogen) atoms. The molecule has 0 aromatic heterocycles. The number of benzene rings is 1. The molecule has 0 atom stereocenters. The summed E-state index contributed by atoms with van der Waals surface area (Å²) < 4.78 is 16.1. The Labute approximate surface area is 127 Å². The Bertz CT molecular complexity index is 395. The summed E-state index contributed by atoms with van der Waals surface area (Å²) in [5, 5.41) is 3.37. The van der Waals surface area contributed by atoms with Crippen LogP contribution in [-0.4, -0.2) is 59.7 Å². The summed E-state index contributed by atoms with van der Waals surface area (Å²) in [5.41, 5.74) is 1.24. The molecule has 0 unspecified atom stereocenters. The third-order valence-electron chi connectivity index (χ3n) is 3.43. The lowest BCUT2D eigenvalue weighted by atomic mass is 10.2. The van der Waals surface area contributed by atoms with E-state index in [-0.39, 0.29) is 0 Å². The van der Waals surface area contributed by atoms with Crippen LogP contribution in [0.15, 0.2) is 24.3 Å². The third-order valence-corrected chi connectivity index (χ3v) is 3.43. The first-order chi connectivity index (χ1) is 10.4. The van der Waals surface area contributed by atoms with Gasteiger partial charge in [-0.1, -0.05) is 6.07 Å². The topological polar surface area (TPSA) is 43.0 Å². The number of hydrogen-bond donors (Lipinski definition) is 1. The molecule has 1 saturated heterocycles. The maximum atomic E-state index is 5.79. The number of nitrogens with zero attached hydrogens (tertiary/aromatic N) is 1. The summed E-state index contributed by atoms with van der Waals surface area (Å²) in [6.07, 6.45) is 0.890. The quantitative estimate of drug-likeness (QED) is 0.700. The molecule has 1 aliphatic rings. The van der Waals surface area contributed by atoms with Crippen LogP contribution in [-0.2, 0) is 9.47 Å². The monoisotopic (exact) mass is 294 g/mol. The van der Waals surface area contributed by atoms with Crippen LogP contribution in [0, 0.1) is 0 Å². The van der Waals surface area contributed by atoms with Gasteiger partial charge in [-0.05, 0) is 12.1 Å². The van der Waals surface area contributed by atoms with E-state index in [2.05, 4.69) is 28.4 Å². The minimum atomic E-state index is 0.646. The molecule has 0 saturated carbocycles. The Kier molecular flexibility index (Phi) is 7.35. The van der Waals surface area contributed by atoms with Crippen LogP contribution in [0.3, 0.4) is 0 Å². The lowest BCUT2D eigenvalue weighted by molar-refractivity contribution is 0.0644. The van der Waals surface area contributed by atoms with E-state index in [4.69, 9.17) is 14.2 Å². The molecule has 0 bridgehead atoms. The van der Waals surface area contributed by atoms with Crippen molar-refractivity contribution in [2.75, 3.05) is 64.6 Å². The minimum Gasteiger partial charge on any atom is -0.493 e. The second-order valence-electron chi connectivity index (χ2n) is 5.04. The van der Waals surface area contributed by atoms with E-state index < -0.39 is 0 Å². The van der Waals surface area contributed by atoms with Crippen LogP contribution in [0.4, 0.5) is 5.69 Å². The first-order valence-corrected chi connectivity index (χ1v) is 7.65. The van der Waals surface area contributed by atoms with Gasteiger partial charge >= 0.3 is 0 Å². The number of methoxy groups -OCH3 is 1. The van der Waals surface area contributed by atoms with Crippen LogP contribution < -0.4 is 15.0 Å². The van der Waals surface area contributed by atoms with Gasteiger partial charge in [-0.2, -0.15) is 0 Å². The fraction of sp³-hybridized carbons (Fsp3) is 0.625. The number of piperazine rings is 1. The zero-order valence-electron chi connectivity index (χ0n) is 12.8. The van der Waals surface area contributed by atoms with Gasteiger partial charge in [0.2, 0.25) is 0 Å². The molecule has 118 valence electrons. The number of rotatable bonds is 9. The highest BCUT2D eigenvalue weighted by molar-refractivity contribution is 5.51. The van der Waals surface area contributed by atoms with Gasteiger partial charge in [-0.15, -0.1) is 0 Å². The van der Waals surface area contributed by atoms with Crippen molar-refractivity contribution in [3.8, 4) is 5.75 Å². The van der Waals surface area contributed by atoms with Crippen molar-refractivity contribution in [3.05, 3.63) is 24.3 Å². The number of ether oxygens (including phenoxy) is 3. The van der Waals surface area contributed by atoms with Gasteiger partial charge < -0.3 is 24.4 Å². The van der Waals surface area contributed by atoms with Crippen molar-refractivity contribution in [2.45, 2.75) is 6.42 Å². The van der Waals surface area contributed by atoms with E-state index >= 15 is 0 Å². The predicted molar refractivity (Wildman–Crippen MR) is 84.3 cm³/mol. The van der Waals surface area contributed by atoms with E-state index in [1.807, 2.05) is 6.07 Å². The van der Waals surface area contributed by atoms with E-state index in [9.17, 15) is 0 Å². The first-order valence-electron chi connectivity index (χ1n) is 7.65. The van der Waals surface area contributed by atoms with Gasteiger partial charge in [0, 0.05) is 58.1 Å². The normalized spacial score (nSPS) is 15.2. The average Bonchev–Trinajstić information content (AvgIpc) is 2.55. The maximum Gasteiger partial charge on any atom is 0.121 e. The maximum absolute atomic E-state index is 5.79. The molecule has 5 nitrogen and oxygen atoms in total. The summed E-state index contributed by atoms with van der Waals surface area (Å²) in [6, 6.07) is 8.34. The molecular weight excluding hydrogens is 268 g/mol. The van der Waals surface area contributed by atoms with Gasteiger partial charge in [-0.3, -0.25) is 0 Å². The number of nitrogens with one attached hydrogen (secondary N) is 1. The molecule has 1 fully saturated rings. The summed E-state index contributed by atoms with van der Waals surface area (Å²) in [5.74, 6) is 0.933. The second-order valence-corrected chi connectivity index (χ2v) is 5.04. The summed E-state index contributed by atoms with van der Waals surface area (Å²) in [7, 11) is 1.68. The van der Waals surface area contributed by atoms with Crippen molar-refractivity contribution in [2.24, 2.45) is 0 Å². The van der Waals surface area contributed by atoms with Crippen molar-refractivity contribution >= 4 is 5.69 Å². The SMILES string of the molecule is COCCOCCCOc1cccc(N2CCNCC2)c1. The molecule has 2 rings (SSSR count). The Hall–Kier alpha value is -1.30. The van der Waals surface area contributed by atoms with Gasteiger partial charge in [0.15, 0.2) is 0 Å². The molecule has 1 aromatic carbocycles. The fourth-order valence-electron chi connectivity index (χ4n) is 2.29. The molecule has 0 aliphatic carbocycles. The molecular formula is C16H26N2O3. The van der Waals surface area contributed by atoms with Gasteiger partial charge in [0.05, 0.1) is 19.8 Å². The van der Waals surface area contributed by atoms with E-state index in [1.165, 1.54) is 5.69 Å². The van der Waals surface area contributed by atoms with Crippen LogP contribution in [0.1, 0.15) is 6.42 Å². The molecule has 0 radical (unpaired) electrons. The Morgan fingerprint density at radius 2 is 1.95 bits per heavy atom. The van der Waals surface area contributed by atoms with Crippen LogP contribution in [0.5, 0.6) is 5.75 Å². The van der Waals surface area contributed by atoms with Gasteiger partial charge in [0.1, 0.15) is 5.75 Å². The van der Waals surface area contributed by atoms with Crippen LogP contribution in [0.25, 0.3) is 0 Å². The van der Waals surface area contributed by atoms with Gasteiger partial charge in [-0.25, -0.2) is 0 Å². The van der Waals surface area contributed by atoms with Crippen molar-refractivity contribution in [1.82, 2.24) is 5.32 Å². The van der Waals surface area contributed by atoms with Gasteiger partial charge in [0.25, 0.3) is 0 Å². The minimum absolute atomic E-state index is 0.646. The number of hydrogen-bond acceptors (Lipinski definition) is 5. The molecule has 0 spiro atoms. The van der Waals surface area contributed by atoms with Crippen molar-refractivity contribution in [1.29, 1.82) is 0 Å². The zero-order valence-corrected chi connectivity index (χ0v) is 12.8. The Balaban J connectivity index is 1.68. The molecule has 1 N–H and O–H groups in total. The highest BCUT2D eigenvalue weighted by Crippen LogP contribution is 2.21. The van der Waals surface area contributed by atoms with Crippen molar-refractivity contribution in [3.63, 3.8) is 0 Å². The number of anilines is 1. The van der Waals surface area contributed by atoms with E-state index in [1.54, 1.807) is 7.11 Å². The lowest BCUT2D eigenvalue weighted by Crippen LogP contribution is -2.43. The molecule has 1 aromatic rings. The van der Waals surface area contributed by atoms with Crippen LogP contribution >= 0.6 is 0 Å². The lowest BCUT2D eigenvalue weighted by Gasteiger charge is -2.29. The van der Waals surface area contributed by atoms with E-state index in [0.29, 0.717) is 26.4 Å². The molecule has 5 heteroatoms. The summed E-state index contributed by atoms with van der Waals surface area (Å²) >= 11 is 0. The standard InChI is InChI=1S/C16H26N2O3/c1-19-12-13-20-10-3-11-21-16-5-2-4-15(14-16)18-8-6-17-7-9-18/h2,4-5,14,17H,3,6-13H2,1H3. The van der Waals surface area contributed by atoms with Crippen LogP contribution in [0.2, 0.25) is 0 Å². The Morgan fingerprint density at radius 1 is 1.10 bits per heavy atom. The second kappa shape index (κ2) is 9.60. The smallest absolute Gasteiger partial charge is 0.121 e. The Morgan fingerprint density at radius 3 is 2.76 bits per heavy atom.